The molecule has 0 amide bonds. The van der Waals surface area contributed by atoms with Crippen LogP contribution in [0, 0.1) is 5.92 Å². The van der Waals surface area contributed by atoms with Crippen LogP contribution in [0.3, 0.4) is 0 Å². The lowest BCUT2D eigenvalue weighted by atomic mass is 9.94. The molecule has 0 saturated heterocycles. The van der Waals surface area contributed by atoms with Gasteiger partial charge in [0.05, 0.1) is 17.7 Å². The minimum atomic E-state index is -0.636. The van der Waals surface area contributed by atoms with E-state index in [1.54, 1.807) is 0 Å². The predicted octanol–water partition coefficient (Wildman–Crippen LogP) is 2.38. The minimum absolute atomic E-state index is 0.0985. The van der Waals surface area contributed by atoms with E-state index in [4.69, 9.17) is 9.57 Å². The van der Waals surface area contributed by atoms with E-state index in [9.17, 15) is 4.79 Å². The number of nitrogens with zero attached hydrogens (tertiary/aromatic N) is 1. The third-order valence-electron chi connectivity index (χ3n) is 2.80. The molecule has 0 bridgehead atoms. The van der Waals surface area contributed by atoms with Crippen LogP contribution in [-0.2, 0) is 14.4 Å². The van der Waals surface area contributed by atoms with Crippen molar-refractivity contribution in [3.63, 3.8) is 0 Å². The predicted molar refractivity (Wildman–Crippen MR) is 68.2 cm³/mol. The summed E-state index contributed by atoms with van der Waals surface area (Å²) in [5.74, 6) is -0.453. The molecule has 1 aliphatic rings. The molecule has 1 aliphatic heterocycles. The topological polar surface area (TPSA) is 47.9 Å². The first-order chi connectivity index (χ1) is 8.59. The maximum atomic E-state index is 11.8. The summed E-state index contributed by atoms with van der Waals surface area (Å²) in [4.78, 5) is 17.0. The van der Waals surface area contributed by atoms with Crippen LogP contribution in [0.5, 0.6) is 0 Å². The van der Waals surface area contributed by atoms with Crippen molar-refractivity contribution in [2.75, 3.05) is 0 Å². The van der Waals surface area contributed by atoms with Gasteiger partial charge in [0, 0.05) is 0 Å². The number of benzene rings is 1. The summed E-state index contributed by atoms with van der Waals surface area (Å²) in [7, 11) is 0. The Labute approximate surface area is 107 Å². The van der Waals surface area contributed by atoms with Crippen molar-refractivity contribution in [3.05, 3.63) is 35.9 Å². The zero-order valence-electron chi connectivity index (χ0n) is 10.8. The molecule has 0 radical (unpaired) electrons. The maximum Gasteiger partial charge on any atom is 0.351 e. The fourth-order valence-corrected chi connectivity index (χ4v) is 1.90. The summed E-state index contributed by atoms with van der Waals surface area (Å²) in [6.45, 7) is 5.55. The van der Waals surface area contributed by atoms with E-state index in [1.165, 1.54) is 0 Å². The van der Waals surface area contributed by atoms with Gasteiger partial charge in [-0.3, -0.25) is 0 Å². The van der Waals surface area contributed by atoms with E-state index in [0.717, 1.165) is 11.3 Å². The second-order valence-corrected chi connectivity index (χ2v) is 4.64. The second kappa shape index (κ2) is 5.21. The first-order valence-corrected chi connectivity index (χ1v) is 6.09. The normalized spacial score (nSPS) is 22.6. The van der Waals surface area contributed by atoms with Gasteiger partial charge in [-0.05, 0) is 19.4 Å². The van der Waals surface area contributed by atoms with Crippen molar-refractivity contribution in [2.24, 2.45) is 11.1 Å². The van der Waals surface area contributed by atoms with E-state index in [2.05, 4.69) is 5.16 Å². The van der Waals surface area contributed by atoms with E-state index in [0.29, 0.717) is 0 Å². The molecule has 4 heteroatoms. The van der Waals surface area contributed by atoms with Crippen molar-refractivity contribution >= 4 is 11.7 Å². The molecular formula is C14H17NO3. The van der Waals surface area contributed by atoms with Crippen molar-refractivity contribution in [3.8, 4) is 0 Å². The van der Waals surface area contributed by atoms with Crippen LogP contribution < -0.4 is 0 Å². The van der Waals surface area contributed by atoms with Gasteiger partial charge in [0.25, 0.3) is 0 Å². The zero-order valence-corrected chi connectivity index (χ0v) is 10.8. The first kappa shape index (κ1) is 12.6. The van der Waals surface area contributed by atoms with Crippen LogP contribution in [0.4, 0.5) is 0 Å². The average molecular weight is 247 g/mol. The highest BCUT2D eigenvalue weighted by atomic mass is 16.7. The van der Waals surface area contributed by atoms with Crippen LogP contribution in [0.15, 0.2) is 35.5 Å². The number of carbonyl (C=O) groups is 1. The molecule has 1 aromatic rings. The van der Waals surface area contributed by atoms with Gasteiger partial charge in [-0.25, -0.2) is 4.79 Å². The minimum Gasteiger partial charge on any atom is -0.460 e. The van der Waals surface area contributed by atoms with Gasteiger partial charge in [-0.2, -0.15) is 0 Å². The maximum absolute atomic E-state index is 11.8. The number of ether oxygens (including phenoxy) is 1. The van der Waals surface area contributed by atoms with Gasteiger partial charge >= 0.3 is 5.97 Å². The van der Waals surface area contributed by atoms with E-state index in [-0.39, 0.29) is 18.0 Å². The molecule has 96 valence electrons. The van der Waals surface area contributed by atoms with Crippen molar-refractivity contribution < 1.29 is 14.4 Å². The Morgan fingerprint density at radius 1 is 1.33 bits per heavy atom. The summed E-state index contributed by atoms with van der Waals surface area (Å²) < 4.78 is 5.15. The van der Waals surface area contributed by atoms with Crippen LogP contribution in [-0.4, -0.2) is 23.9 Å². The lowest BCUT2D eigenvalue weighted by molar-refractivity contribution is -0.161. The largest absolute Gasteiger partial charge is 0.460 e. The Balaban J connectivity index is 2.09. The molecule has 4 nitrogen and oxygen atoms in total. The van der Waals surface area contributed by atoms with Crippen molar-refractivity contribution in [1.82, 2.24) is 0 Å². The molecule has 1 aromatic carbocycles. The molecule has 0 unspecified atom stereocenters. The molecule has 0 aromatic heterocycles. The van der Waals surface area contributed by atoms with Crippen molar-refractivity contribution in [2.45, 2.75) is 33.0 Å². The van der Waals surface area contributed by atoms with Gasteiger partial charge < -0.3 is 9.57 Å². The molecule has 0 spiro atoms. The number of hydrogen-bond donors (Lipinski definition) is 0. The number of oxime groups is 1. The third-order valence-corrected chi connectivity index (χ3v) is 2.80. The van der Waals surface area contributed by atoms with Crippen molar-refractivity contribution in [1.29, 1.82) is 0 Å². The van der Waals surface area contributed by atoms with E-state index >= 15 is 0 Å². The second-order valence-electron chi connectivity index (χ2n) is 4.64. The molecule has 0 saturated carbocycles. The zero-order chi connectivity index (χ0) is 13.1. The van der Waals surface area contributed by atoms with Crippen LogP contribution in [0.25, 0.3) is 0 Å². The standard InChI is InChI=1S/C14H17NO3/c1-9(2)17-14(16)13-10(3)12(15-18-13)11-7-5-4-6-8-11/h4-10,13H,1-3H3/t10-,13-/m0/s1. The molecule has 0 aliphatic carbocycles. The van der Waals surface area contributed by atoms with Gasteiger partial charge in [0.1, 0.15) is 0 Å². The van der Waals surface area contributed by atoms with E-state index in [1.807, 2.05) is 51.1 Å². The molecular weight excluding hydrogens is 230 g/mol. The molecule has 2 rings (SSSR count). The average Bonchev–Trinajstić information content (AvgIpc) is 2.71. The van der Waals surface area contributed by atoms with Crippen LogP contribution >= 0.6 is 0 Å². The summed E-state index contributed by atoms with van der Waals surface area (Å²) >= 11 is 0. The summed E-state index contributed by atoms with van der Waals surface area (Å²) in [5.41, 5.74) is 1.77. The highest BCUT2D eigenvalue weighted by molar-refractivity contribution is 6.05. The Morgan fingerprint density at radius 3 is 2.61 bits per heavy atom. The fourth-order valence-electron chi connectivity index (χ4n) is 1.90. The monoisotopic (exact) mass is 247 g/mol. The Bertz CT molecular complexity index is 453. The number of rotatable bonds is 3. The summed E-state index contributed by atoms with van der Waals surface area (Å²) in [6.07, 6.45) is -0.781. The summed E-state index contributed by atoms with van der Waals surface area (Å²) in [5, 5.41) is 4.01. The number of hydrogen-bond acceptors (Lipinski definition) is 4. The SMILES string of the molecule is CC(C)OC(=O)[C@H]1ON=C(c2ccccc2)[C@@H]1C. The highest BCUT2D eigenvalue weighted by Gasteiger charge is 2.38. The van der Waals surface area contributed by atoms with E-state index < -0.39 is 6.10 Å². The lowest BCUT2D eigenvalue weighted by Gasteiger charge is -2.15. The van der Waals surface area contributed by atoms with Gasteiger partial charge in [-0.15, -0.1) is 0 Å². The van der Waals surface area contributed by atoms with Gasteiger partial charge in [0.15, 0.2) is 0 Å². The smallest absolute Gasteiger partial charge is 0.351 e. The Morgan fingerprint density at radius 2 is 2.00 bits per heavy atom. The van der Waals surface area contributed by atoms with Gasteiger partial charge in [0.2, 0.25) is 6.10 Å². The quantitative estimate of drug-likeness (QED) is 0.770. The molecule has 2 atom stereocenters. The molecule has 1 heterocycles. The first-order valence-electron chi connectivity index (χ1n) is 6.09. The third kappa shape index (κ3) is 2.53. The Hall–Kier alpha value is -1.84. The summed E-state index contributed by atoms with van der Waals surface area (Å²) in [6, 6.07) is 9.72. The van der Waals surface area contributed by atoms with Crippen LogP contribution in [0.1, 0.15) is 26.3 Å². The molecule has 18 heavy (non-hydrogen) atoms. The number of esters is 1. The molecule has 0 N–H and O–H groups in total. The van der Waals surface area contributed by atoms with Gasteiger partial charge in [-0.1, -0.05) is 42.4 Å². The number of carbonyl (C=O) groups excluding carboxylic acids is 1. The highest BCUT2D eigenvalue weighted by Crippen LogP contribution is 2.24. The fraction of sp³-hybridized carbons (Fsp3) is 0.429. The lowest BCUT2D eigenvalue weighted by Crippen LogP contribution is -2.32. The Kier molecular flexibility index (Phi) is 3.65. The molecule has 0 fully saturated rings. The van der Waals surface area contributed by atoms with Crippen LogP contribution in [0.2, 0.25) is 0 Å².